The van der Waals surface area contributed by atoms with Crippen LogP contribution in [0, 0.1) is 13.8 Å². The first kappa shape index (κ1) is 17.2. The van der Waals surface area contributed by atoms with Crippen LogP contribution in [0.25, 0.3) is 10.2 Å². The number of anilines is 1. The third-order valence-corrected chi connectivity index (χ3v) is 5.02. The first-order valence-corrected chi connectivity index (χ1v) is 8.78. The number of carbonyl (C=O) groups is 1. The van der Waals surface area contributed by atoms with Crippen LogP contribution < -0.4 is 14.8 Å². The van der Waals surface area contributed by atoms with E-state index in [0.29, 0.717) is 10.9 Å². The molecule has 0 saturated heterocycles. The number of aromatic nitrogens is 1. The van der Waals surface area contributed by atoms with E-state index >= 15 is 0 Å². The first-order valence-electron chi connectivity index (χ1n) is 7.96. The molecule has 0 radical (unpaired) electrons. The molecule has 0 saturated carbocycles. The normalized spacial score (nSPS) is 12.0. The molecule has 1 amide bonds. The summed E-state index contributed by atoms with van der Waals surface area (Å²) in [6.45, 7) is 5.77. The number of ether oxygens (including phenoxy) is 2. The lowest BCUT2D eigenvalue weighted by molar-refractivity contribution is -0.122. The van der Waals surface area contributed by atoms with E-state index in [2.05, 4.69) is 16.4 Å². The van der Waals surface area contributed by atoms with Gasteiger partial charge in [-0.3, -0.25) is 10.1 Å². The molecule has 25 heavy (non-hydrogen) atoms. The van der Waals surface area contributed by atoms with Gasteiger partial charge in [-0.15, -0.1) is 0 Å². The molecule has 0 bridgehead atoms. The first-order chi connectivity index (χ1) is 12.0. The lowest BCUT2D eigenvalue weighted by atomic mass is 10.1. The van der Waals surface area contributed by atoms with Crippen LogP contribution in [0.15, 0.2) is 36.4 Å². The van der Waals surface area contributed by atoms with Crippen molar-refractivity contribution >= 4 is 32.6 Å². The summed E-state index contributed by atoms with van der Waals surface area (Å²) in [5.74, 6) is 1.12. The molecule has 6 heteroatoms. The molecular formula is C19H20N2O3S. The van der Waals surface area contributed by atoms with E-state index in [-0.39, 0.29) is 5.91 Å². The van der Waals surface area contributed by atoms with Gasteiger partial charge in [-0.2, -0.15) is 0 Å². The highest BCUT2D eigenvalue weighted by molar-refractivity contribution is 7.22. The van der Waals surface area contributed by atoms with E-state index in [1.54, 1.807) is 38.3 Å². The number of hydrogen-bond acceptors (Lipinski definition) is 5. The molecule has 5 nitrogen and oxygen atoms in total. The zero-order chi connectivity index (χ0) is 18.0. The zero-order valence-corrected chi connectivity index (χ0v) is 15.4. The van der Waals surface area contributed by atoms with Crippen molar-refractivity contribution in [1.82, 2.24) is 4.98 Å². The standard InChI is InChI=1S/C19H20N2O3S/c1-11-5-6-12(2)17-16(11)20-19(25-17)21-18(22)13(3)24-15-9-7-14(23-4)8-10-15/h5-10,13H,1-4H3,(H,20,21,22). The topological polar surface area (TPSA) is 60.5 Å². The van der Waals surface area contributed by atoms with Gasteiger partial charge in [0, 0.05) is 0 Å². The molecule has 0 aliphatic carbocycles. The van der Waals surface area contributed by atoms with Gasteiger partial charge in [0.1, 0.15) is 11.5 Å². The number of benzene rings is 2. The molecule has 1 aromatic heterocycles. The van der Waals surface area contributed by atoms with Crippen LogP contribution in [-0.2, 0) is 4.79 Å². The molecule has 0 fully saturated rings. The fourth-order valence-electron chi connectivity index (χ4n) is 2.43. The third-order valence-electron chi connectivity index (χ3n) is 3.91. The van der Waals surface area contributed by atoms with Gasteiger partial charge >= 0.3 is 0 Å². The second kappa shape index (κ2) is 7.11. The fourth-order valence-corrected chi connectivity index (χ4v) is 3.45. The molecule has 130 valence electrons. The van der Waals surface area contributed by atoms with Crippen LogP contribution in [0.1, 0.15) is 18.1 Å². The van der Waals surface area contributed by atoms with Crippen LogP contribution in [-0.4, -0.2) is 24.1 Å². The zero-order valence-electron chi connectivity index (χ0n) is 14.6. The molecule has 1 unspecified atom stereocenters. The largest absolute Gasteiger partial charge is 0.497 e. The molecule has 0 spiro atoms. The number of methoxy groups -OCH3 is 1. The molecule has 3 aromatic rings. The van der Waals surface area contributed by atoms with E-state index < -0.39 is 6.10 Å². The van der Waals surface area contributed by atoms with Gasteiger partial charge in [0.2, 0.25) is 0 Å². The van der Waals surface area contributed by atoms with Gasteiger partial charge in [-0.1, -0.05) is 23.5 Å². The Balaban J connectivity index is 1.70. The van der Waals surface area contributed by atoms with E-state index in [0.717, 1.165) is 27.1 Å². The second-order valence-corrected chi connectivity index (χ2v) is 6.82. The third kappa shape index (κ3) is 3.74. The Hall–Kier alpha value is -2.60. The predicted octanol–water partition coefficient (Wildman–Crippen LogP) is 4.33. The Bertz CT molecular complexity index is 864. The maximum absolute atomic E-state index is 12.4. The number of fused-ring (bicyclic) bond motifs is 1. The number of aryl methyl sites for hydroxylation is 2. The summed E-state index contributed by atoms with van der Waals surface area (Å²) in [7, 11) is 1.60. The quantitative estimate of drug-likeness (QED) is 0.739. The van der Waals surface area contributed by atoms with E-state index in [9.17, 15) is 4.79 Å². The molecule has 2 aromatic carbocycles. The summed E-state index contributed by atoms with van der Waals surface area (Å²) in [5, 5.41) is 3.43. The highest BCUT2D eigenvalue weighted by atomic mass is 32.1. The molecule has 1 N–H and O–H groups in total. The minimum atomic E-state index is -0.636. The van der Waals surface area contributed by atoms with Crippen LogP contribution in [0.3, 0.4) is 0 Å². The lowest BCUT2D eigenvalue weighted by Crippen LogP contribution is -2.30. The number of carbonyl (C=O) groups excluding carboxylic acids is 1. The van der Waals surface area contributed by atoms with Gasteiger partial charge in [0.05, 0.1) is 17.3 Å². The fraction of sp³-hybridized carbons (Fsp3) is 0.263. The van der Waals surface area contributed by atoms with Crippen molar-refractivity contribution in [3.8, 4) is 11.5 Å². The van der Waals surface area contributed by atoms with Crippen molar-refractivity contribution in [2.45, 2.75) is 26.9 Å². The van der Waals surface area contributed by atoms with Crippen molar-refractivity contribution in [1.29, 1.82) is 0 Å². The average molecular weight is 356 g/mol. The number of nitrogens with one attached hydrogen (secondary N) is 1. The number of nitrogens with zero attached hydrogens (tertiary/aromatic N) is 1. The van der Waals surface area contributed by atoms with E-state index in [1.807, 2.05) is 19.9 Å². The van der Waals surface area contributed by atoms with Crippen molar-refractivity contribution in [2.24, 2.45) is 0 Å². The van der Waals surface area contributed by atoms with Gasteiger partial charge in [-0.05, 0) is 56.2 Å². The van der Waals surface area contributed by atoms with Crippen molar-refractivity contribution < 1.29 is 14.3 Å². The molecule has 1 heterocycles. The summed E-state index contributed by atoms with van der Waals surface area (Å²) in [6.07, 6.45) is -0.636. The molecular weight excluding hydrogens is 336 g/mol. The SMILES string of the molecule is COc1ccc(OC(C)C(=O)Nc2nc3c(C)ccc(C)c3s2)cc1. The van der Waals surface area contributed by atoms with Crippen LogP contribution in [0.2, 0.25) is 0 Å². The van der Waals surface area contributed by atoms with E-state index in [4.69, 9.17) is 9.47 Å². The number of rotatable bonds is 5. The van der Waals surface area contributed by atoms with Gasteiger partial charge in [0.25, 0.3) is 5.91 Å². The molecule has 1 atom stereocenters. The molecule has 3 rings (SSSR count). The van der Waals surface area contributed by atoms with Crippen molar-refractivity contribution in [2.75, 3.05) is 12.4 Å². The number of thiazole rings is 1. The maximum Gasteiger partial charge on any atom is 0.266 e. The number of hydrogen-bond donors (Lipinski definition) is 1. The summed E-state index contributed by atoms with van der Waals surface area (Å²) in [5.41, 5.74) is 3.19. The summed E-state index contributed by atoms with van der Waals surface area (Å²) in [6, 6.07) is 11.2. The van der Waals surface area contributed by atoms with Gasteiger partial charge in [0.15, 0.2) is 11.2 Å². The average Bonchev–Trinajstić information content (AvgIpc) is 3.04. The Morgan fingerprint density at radius 1 is 1.08 bits per heavy atom. The Morgan fingerprint density at radius 2 is 1.72 bits per heavy atom. The van der Waals surface area contributed by atoms with Gasteiger partial charge < -0.3 is 9.47 Å². The summed E-state index contributed by atoms with van der Waals surface area (Å²) in [4.78, 5) is 16.9. The van der Waals surface area contributed by atoms with Crippen molar-refractivity contribution in [3.63, 3.8) is 0 Å². The van der Waals surface area contributed by atoms with E-state index in [1.165, 1.54) is 11.3 Å². The number of amides is 1. The lowest BCUT2D eigenvalue weighted by Gasteiger charge is -2.13. The predicted molar refractivity (Wildman–Crippen MR) is 101 cm³/mol. The minimum absolute atomic E-state index is 0.231. The summed E-state index contributed by atoms with van der Waals surface area (Å²) >= 11 is 1.48. The monoisotopic (exact) mass is 356 g/mol. The van der Waals surface area contributed by atoms with Crippen LogP contribution >= 0.6 is 11.3 Å². The molecule has 0 aliphatic heterocycles. The highest BCUT2D eigenvalue weighted by Crippen LogP contribution is 2.31. The maximum atomic E-state index is 12.4. The summed E-state index contributed by atoms with van der Waals surface area (Å²) < 4.78 is 11.9. The van der Waals surface area contributed by atoms with Crippen molar-refractivity contribution in [3.05, 3.63) is 47.5 Å². The van der Waals surface area contributed by atoms with Gasteiger partial charge in [-0.25, -0.2) is 4.98 Å². The minimum Gasteiger partial charge on any atom is -0.497 e. The smallest absolute Gasteiger partial charge is 0.266 e. The van der Waals surface area contributed by atoms with Crippen LogP contribution in [0.4, 0.5) is 5.13 Å². The second-order valence-electron chi connectivity index (χ2n) is 5.82. The Kier molecular flexibility index (Phi) is 4.90. The Labute approximate surface area is 150 Å². The Morgan fingerprint density at radius 3 is 2.36 bits per heavy atom. The highest BCUT2D eigenvalue weighted by Gasteiger charge is 2.17. The molecule has 0 aliphatic rings. The van der Waals surface area contributed by atoms with Crippen LogP contribution in [0.5, 0.6) is 11.5 Å².